The molecule has 1 aromatic carbocycles. The number of ether oxygens (including phenoxy) is 1. The second-order valence-corrected chi connectivity index (χ2v) is 8.57. The van der Waals surface area contributed by atoms with Crippen molar-refractivity contribution in [2.45, 2.75) is 45.8 Å². The van der Waals surface area contributed by atoms with E-state index in [0.29, 0.717) is 12.2 Å². The minimum atomic E-state index is 0.0657. The maximum Gasteiger partial charge on any atom is 0.274 e. The van der Waals surface area contributed by atoms with Crippen LogP contribution in [0, 0.1) is 0 Å². The van der Waals surface area contributed by atoms with E-state index in [2.05, 4.69) is 22.4 Å². The number of carbonyl (C=O) groups excluding carboxylic acids is 1. The number of hydrogen-bond donors (Lipinski definition) is 1. The molecule has 1 saturated heterocycles. The van der Waals surface area contributed by atoms with Crippen LogP contribution in [0.25, 0.3) is 4.96 Å². The average molecular weight is 413 g/mol. The standard InChI is InChI=1S/C22H28N4O2S/c1-16(2)28-18-7-5-17(6-8-18)9-10-23-15-19-20(21(27)25-11-3-4-12-25)24-22-26(19)13-14-29-22/h5-8,13-14,16,23H,3-4,9-12,15H2,1-2H3. The predicted molar refractivity (Wildman–Crippen MR) is 116 cm³/mol. The summed E-state index contributed by atoms with van der Waals surface area (Å²) in [5, 5.41) is 5.50. The molecule has 0 atom stereocenters. The summed E-state index contributed by atoms with van der Waals surface area (Å²) in [5.74, 6) is 0.969. The Morgan fingerprint density at radius 2 is 2.00 bits per heavy atom. The zero-order valence-electron chi connectivity index (χ0n) is 17.1. The topological polar surface area (TPSA) is 58.9 Å². The minimum absolute atomic E-state index is 0.0657. The zero-order valence-corrected chi connectivity index (χ0v) is 17.9. The van der Waals surface area contributed by atoms with Crippen LogP contribution in [0.2, 0.25) is 0 Å². The Bertz CT molecular complexity index is 955. The van der Waals surface area contributed by atoms with Gasteiger partial charge in [-0.15, -0.1) is 11.3 Å². The Labute approximate surface area is 175 Å². The molecule has 3 heterocycles. The molecule has 2 aromatic heterocycles. The van der Waals surface area contributed by atoms with E-state index in [9.17, 15) is 4.79 Å². The van der Waals surface area contributed by atoms with Crippen LogP contribution in [-0.4, -0.2) is 45.9 Å². The van der Waals surface area contributed by atoms with Gasteiger partial charge in [0.1, 0.15) is 5.75 Å². The second kappa shape index (κ2) is 8.97. The molecule has 29 heavy (non-hydrogen) atoms. The predicted octanol–water partition coefficient (Wildman–Crippen LogP) is 3.75. The number of likely N-dealkylation sites (tertiary alicyclic amines) is 1. The third kappa shape index (κ3) is 4.62. The molecule has 1 N–H and O–H groups in total. The highest BCUT2D eigenvalue weighted by molar-refractivity contribution is 7.15. The molecule has 1 fully saturated rings. The molecule has 0 saturated carbocycles. The maximum absolute atomic E-state index is 12.9. The Hall–Kier alpha value is -2.38. The molecule has 0 spiro atoms. The first kappa shape index (κ1) is 19.9. The number of nitrogens with one attached hydrogen (secondary N) is 1. The van der Waals surface area contributed by atoms with E-state index in [-0.39, 0.29) is 12.0 Å². The van der Waals surface area contributed by atoms with Crippen molar-refractivity contribution >= 4 is 22.2 Å². The second-order valence-electron chi connectivity index (χ2n) is 7.70. The molecule has 6 nitrogen and oxygen atoms in total. The van der Waals surface area contributed by atoms with Crippen LogP contribution < -0.4 is 10.1 Å². The number of aromatic nitrogens is 2. The molecule has 1 amide bonds. The van der Waals surface area contributed by atoms with E-state index in [4.69, 9.17) is 4.74 Å². The number of hydrogen-bond acceptors (Lipinski definition) is 5. The molecule has 1 aliphatic heterocycles. The van der Waals surface area contributed by atoms with Crippen molar-refractivity contribution in [2.75, 3.05) is 19.6 Å². The molecule has 1 aliphatic rings. The molecule has 4 rings (SSSR count). The Morgan fingerprint density at radius 1 is 1.24 bits per heavy atom. The summed E-state index contributed by atoms with van der Waals surface area (Å²) in [6.45, 7) is 7.20. The monoisotopic (exact) mass is 412 g/mol. The minimum Gasteiger partial charge on any atom is -0.491 e. The zero-order chi connectivity index (χ0) is 20.2. The molecule has 154 valence electrons. The number of imidazole rings is 1. The SMILES string of the molecule is CC(C)Oc1ccc(CCNCc2c(C(=O)N3CCCC3)nc3sccn23)cc1. The van der Waals surface area contributed by atoms with Crippen molar-refractivity contribution in [2.24, 2.45) is 0 Å². The summed E-state index contributed by atoms with van der Waals surface area (Å²) in [4.78, 5) is 20.3. The first-order chi connectivity index (χ1) is 14.1. The van der Waals surface area contributed by atoms with Gasteiger partial charge in [-0.3, -0.25) is 9.20 Å². The number of thiazole rings is 1. The number of nitrogens with zero attached hydrogens (tertiary/aromatic N) is 3. The lowest BCUT2D eigenvalue weighted by Crippen LogP contribution is -2.30. The van der Waals surface area contributed by atoms with Crippen LogP contribution in [0.4, 0.5) is 0 Å². The highest BCUT2D eigenvalue weighted by Crippen LogP contribution is 2.21. The highest BCUT2D eigenvalue weighted by atomic mass is 32.1. The van der Waals surface area contributed by atoms with Crippen molar-refractivity contribution in [3.63, 3.8) is 0 Å². The lowest BCUT2D eigenvalue weighted by molar-refractivity contribution is 0.0786. The largest absolute Gasteiger partial charge is 0.491 e. The quantitative estimate of drug-likeness (QED) is 0.573. The molecule has 0 unspecified atom stereocenters. The Kier molecular flexibility index (Phi) is 6.16. The molecule has 3 aromatic rings. The number of carbonyl (C=O) groups is 1. The van der Waals surface area contributed by atoms with E-state index >= 15 is 0 Å². The number of rotatable bonds is 8. The van der Waals surface area contributed by atoms with Gasteiger partial charge in [0.15, 0.2) is 10.7 Å². The van der Waals surface area contributed by atoms with Crippen LogP contribution in [0.1, 0.15) is 48.4 Å². The van der Waals surface area contributed by atoms with Crippen LogP contribution in [-0.2, 0) is 13.0 Å². The normalized spacial score (nSPS) is 14.2. The fourth-order valence-corrected chi connectivity index (χ4v) is 4.42. The summed E-state index contributed by atoms with van der Waals surface area (Å²) < 4.78 is 7.74. The van der Waals surface area contributed by atoms with Gasteiger partial charge in [-0.05, 0) is 57.4 Å². The molecule has 0 aliphatic carbocycles. The molecule has 0 radical (unpaired) electrons. The smallest absolute Gasteiger partial charge is 0.274 e. The fourth-order valence-electron chi connectivity index (χ4n) is 3.69. The number of fused-ring (bicyclic) bond motifs is 1. The van der Waals surface area contributed by atoms with E-state index < -0.39 is 0 Å². The number of benzene rings is 1. The average Bonchev–Trinajstić information content (AvgIpc) is 3.43. The van der Waals surface area contributed by atoms with Gasteiger partial charge in [-0.25, -0.2) is 4.98 Å². The van der Waals surface area contributed by atoms with Gasteiger partial charge in [0.25, 0.3) is 5.91 Å². The summed E-state index contributed by atoms with van der Waals surface area (Å²) in [5.41, 5.74) is 2.82. The van der Waals surface area contributed by atoms with Gasteiger partial charge < -0.3 is 15.0 Å². The fraction of sp³-hybridized carbons (Fsp3) is 0.455. The first-order valence-corrected chi connectivity index (χ1v) is 11.2. The van der Waals surface area contributed by atoms with Crippen LogP contribution in [0.15, 0.2) is 35.8 Å². The lowest BCUT2D eigenvalue weighted by Gasteiger charge is -2.15. The van der Waals surface area contributed by atoms with E-state index in [1.54, 1.807) is 11.3 Å². The first-order valence-electron chi connectivity index (χ1n) is 10.3. The van der Waals surface area contributed by atoms with Crippen molar-refractivity contribution in [3.8, 4) is 5.75 Å². The van der Waals surface area contributed by atoms with Crippen molar-refractivity contribution in [1.29, 1.82) is 0 Å². The Balaban J connectivity index is 1.37. The third-order valence-corrected chi connectivity index (χ3v) is 5.89. The van der Waals surface area contributed by atoms with Gasteiger partial charge in [-0.2, -0.15) is 0 Å². The van der Waals surface area contributed by atoms with Crippen LogP contribution in [0.3, 0.4) is 0 Å². The number of amides is 1. The van der Waals surface area contributed by atoms with Gasteiger partial charge in [0, 0.05) is 31.2 Å². The van der Waals surface area contributed by atoms with Crippen LogP contribution in [0.5, 0.6) is 5.75 Å². The molecular weight excluding hydrogens is 384 g/mol. The molecular formula is C22H28N4O2S. The highest BCUT2D eigenvalue weighted by Gasteiger charge is 2.26. The molecule has 7 heteroatoms. The summed E-state index contributed by atoms with van der Waals surface area (Å²) in [6.07, 6.45) is 5.27. The lowest BCUT2D eigenvalue weighted by atomic mass is 10.1. The van der Waals surface area contributed by atoms with E-state index in [1.165, 1.54) is 5.56 Å². The maximum atomic E-state index is 12.9. The van der Waals surface area contributed by atoms with Crippen molar-refractivity contribution in [1.82, 2.24) is 19.6 Å². The summed E-state index contributed by atoms with van der Waals surface area (Å²) in [6, 6.07) is 8.26. The van der Waals surface area contributed by atoms with Gasteiger partial charge in [-0.1, -0.05) is 12.1 Å². The van der Waals surface area contributed by atoms with Gasteiger partial charge in [0.2, 0.25) is 0 Å². The van der Waals surface area contributed by atoms with Crippen molar-refractivity contribution in [3.05, 3.63) is 52.8 Å². The van der Waals surface area contributed by atoms with E-state index in [1.807, 2.05) is 46.9 Å². The summed E-state index contributed by atoms with van der Waals surface area (Å²) in [7, 11) is 0. The third-order valence-electron chi connectivity index (χ3n) is 5.13. The van der Waals surface area contributed by atoms with Gasteiger partial charge in [0.05, 0.1) is 11.8 Å². The van der Waals surface area contributed by atoms with E-state index in [0.717, 1.165) is 55.3 Å². The molecule has 0 bridgehead atoms. The summed E-state index contributed by atoms with van der Waals surface area (Å²) >= 11 is 1.57. The van der Waals surface area contributed by atoms with Gasteiger partial charge >= 0.3 is 0 Å². The Morgan fingerprint density at radius 3 is 2.72 bits per heavy atom. The van der Waals surface area contributed by atoms with Crippen LogP contribution >= 0.6 is 11.3 Å². The van der Waals surface area contributed by atoms with Crippen molar-refractivity contribution < 1.29 is 9.53 Å².